The molecule has 0 aliphatic rings. The van der Waals surface area contributed by atoms with Crippen molar-refractivity contribution in [1.29, 1.82) is 0 Å². The monoisotopic (exact) mass is 292 g/mol. The molecule has 2 aromatic rings. The van der Waals surface area contributed by atoms with Gasteiger partial charge in [-0.25, -0.2) is 4.68 Å². The van der Waals surface area contributed by atoms with Crippen LogP contribution >= 0.6 is 11.6 Å². The number of para-hydroxylation sites is 1. The Labute approximate surface area is 122 Å². The van der Waals surface area contributed by atoms with E-state index in [2.05, 4.69) is 15.7 Å². The van der Waals surface area contributed by atoms with Gasteiger partial charge in [-0.05, 0) is 25.2 Å². The Hall–Kier alpha value is -1.85. The molecule has 2 rings (SSSR count). The predicted molar refractivity (Wildman–Crippen MR) is 80.3 cm³/mol. The van der Waals surface area contributed by atoms with Gasteiger partial charge in [-0.3, -0.25) is 4.79 Å². The van der Waals surface area contributed by atoms with Gasteiger partial charge in [0.15, 0.2) is 0 Å². The van der Waals surface area contributed by atoms with Gasteiger partial charge in [0.25, 0.3) is 0 Å². The van der Waals surface area contributed by atoms with Gasteiger partial charge in [0.05, 0.1) is 10.7 Å². The zero-order valence-corrected chi connectivity index (χ0v) is 12.2. The molecule has 1 aromatic heterocycles. The summed E-state index contributed by atoms with van der Waals surface area (Å²) in [5.41, 5.74) is 1.32. The Bertz CT molecular complexity index is 583. The molecule has 1 atom stereocenters. The summed E-state index contributed by atoms with van der Waals surface area (Å²) in [7, 11) is 1.82. The molecule has 20 heavy (non-hydrogen) atoms. The molecular formula is C14H17ClN4O. The second kappa shape index (κ2) is 6.54. The van der Waals surface area contributed by atoms with Crippen LogP contribution in [-0.2, 0) is 4.79 Å². The standard InChI is InChI=1S/C14H17ClN4O/c1-10(9-16-2)14(20)18-12-6-3-5-11(15)13(12)19-8-4-7-17-19/h3-8,10,16H,9H2,1-2H3,(H,18,20). The number of hydrogen-bond donors (Lipinski definition) is 2. The minimum Gasteiger partial charge on any atom is -0.324 e. The van der Waals surface area contributed by atoms with E-state index in [0.29, 0.717) is 22.9 Å². The van der Waals surface area contributed by atoms with Crippen molar-refractivity contribution in [2.24, 2.45) is 5.92 Å². The van der Waals surface area contributed by atoms with E-state index in [-0.39, 0.29) is 11.8 Å². The van der Waals surface area contributed by atoms with Crippen LogP contribution in [-0.4, -0.2) is 29.3 Å². The van der Waals surface area contributed by atoms with Crippen molar-refractivity contribution in [3.8, 4) is 5.69 Å². The van der Waals surface area contributed by atoms with Gasteiger partial charge in [-0.1, -0.05) is 24.6 Å². The van der Waals surface area contributed by atoms with Gasteiger partial charge < -0.3 is 10.6 Å². The van der Waals surface area contributed by atoms with Gasteiger partial charge in [-0.2, -0.15) is 5.10 Å². The lowest BCUT2D eigenvalue weighted by molar-refractivity contribution is -0.119. The number of nitrogens with one attached hydrogen (secondary N) is 2. The fraction of sp³-hybridized carbons (Fsp3) is 0.286. The van der Waals surface area contributed by atoms with E-state index in [1.807, 2.05) is 20.0 Å². The molecule has 0 aliphatic heterocycles. The van der Waals surface area contributed by atoms with E-state index >= 15 is 0 Å². The predicted octanol–water partition coefficient (Wildman–Crippen LogP) is 2.32. The number of hydrogen-bond acceptors (Lipinski definition) is 3. The molecule has 0 saturated heterocycles. The summed E-state index contributed by atoms with van der Waals surface area (Å²) in [4.78, 5) is 12.1. The van der Waals surface area contributed by atoms with Crippen LogP contribution in [0.25, 0.3) is 5.69 Å². The van der Waals surface area contributed by atoms with Crippen molar-refractivity contribution in [3.05, 3.63) is 41.7 Å². The van der Waals surface area contributed by atoms with Crippen LogP contribution in [0.15, 0.2) is 36.7 Å². The zero-order valence-electron chi connectivity index (χ0n) is 11.4. The minimum absolute atomic E-state index is 0.0602. The zero-order chi connectivity index (χ0) is 14.5. The molecule has 1 amide bonds. The second-order valence-electron chi connectivity index (χ2n) is 4.53. The lowest BCUT2D eigenvalue weighted by Gasteiger charge is -2.15. The molecule has 0 spiro atoms. The second-order valence-corrected chi connectivity index (χ2v) is 4.94. The van der Waals surface area contributed by atoms with Gasteiger partial charge in [0.1, 0.15) is 5.69 Å². The third-order valence-electron chi connectivity index (χ3n) is 2.94. The molecule has 1 heterocycles. The number of rotatable bonds is 5. The van der Waals surface area contributed by atoms with Crippen molar-refractivity contribution >= 4 is 23.2 Å². The van der Waals surface area contributed by atoms with Gasteiger partial charge >= 0.3 is 0 Å². The molecule has 6 heteroatoms. The van der Waals surface area contributed by atoms with E-state index in [0.717, 1.165) is 0 Å². The summed E-state index contributed by atoms with van der Waals surface area (Å²) < 4.78 is 1.64. The van der Waals surface area contributed by atoms with E-state index in [9.17, 15) is 4.79 Å². The van der Waals surface area contributed by atoms with Crippen LogP contribution in [0.1, 0.15) is 6.92 Å². The summed E-state index contributed by atoms with van der Waals surface area (Å²) in [6.45, 7) is 2.48. The molecular weight excluding hydrogens is 276 g/mol. The van der Waals surface area contributed by atoms with Crippen LogP contribution < -0.4 is 10.6 Å². The smallest absolute Gasteiger partial charge is 0.228 e. The van der Waals surface area contributed by atoms with Crippen molar-refractivity contribution in [1.82, 2.24) is 15.1 Å². The normalized spacial score (nSPS) is 12.2. The van der Waals surface area contributed by atoms with Gasteiger partial charge in [0, 0.05) is 24.9 Å². The lowest BCUT2D eigenvalue weighted by Crippen LogP contribution is -2.29. The largest absolute Gasteiger partial charge is 0.324 e. The number of carbonyl (C=O) groups is 1. The molecule has 2 N–H and O–H groups in total. The molecule has 0 radical (unpaired) electrons. The van der Waals surface area contributed by atoms with E-state index in [4.69, 9.17) is 11.6 Å². The SMILES string of the molecule is CNCC(C)C(=O)Nc1cccc(Cl)c1-n1cccn1. The number of amides is 1. The number of benzene rings is 1. The van der Waals surface area contributed by atoms with Gasteiger partial charge in [0.2, 0.25) is 5.91 Å². The highest BCUT2D eigenvalue weighted by molar-refractivity contribution is 6.33. The molecule has 0 bridgehead atoms. The lowest BCUT2D eigenvalue weighted by atomic mass is 10.1. The number of anilines is 1. The van der Waals surface area contributed by atoms with Gasteiger partial charge in [-0.15, -0.1) is 0 Å². The number of aromatic nitrogens is 2. The van der Waals surface area contributed by atoms with E-state index < -0.39 is 0 Å². The third-order valence-corrected chi connectivity index (χ3v) is 3.24. The molecule has 0 saturated carbocycles. The van der Waals surface area contributed by atoms with Crippen LogP contribution in [0.2, 0.25) is 5.02 Å². The van der Waals surface area contributed by atoms with Crippen molar-refractivity contribution in [2.45, 2.75) is 6.92 Å². The Balaban J connectivity index is 2.29. The number of nitrogens with zero attached hydrogens (tertiary/aromatic N) is 2. The van der Waals surface area contributed by atoms with Crippen LogP contribution in [0.3, 0.4) is 0 Å². The molecule has 106 valence electrons. The highest BCUT2D eigenvalue weighted by Crippen LogP contribution is 2.28. The van der Waals surface area contributed by atoms with Crippen molar-refractivity contribution in [2.75, 3.05) is 18.9 Å². The van der Waals surface area contributed by atoms with Crippen LogP contribution in [0.4, 0.5) is 5.69 Å². The summed E-state index contributed by atoms with van der Waals surface area (Å²) in [5.74, 6) is -0.195. The first kappa shape index (κ1) is 14.6. The highest BCUT2D eigenvalue weighted by atomic mass is 35.5. The fourth-order valence-corrected chi connectivity index (χ4v) is 2.17. The topological polar surface area (TPSA) is 59.0 Å². The number of carbonyl (C=O) groups excluding carboxylic acids is 1. The van der Waals surface area contributed by atoms with E-state index in [1.165, 1.54) is 0 Å². The third kappa shape index (κ3) is 3.18. The molecule has 1 unspecified atom stereocenters. The Morgan fingerprint density at radius 2 is 2.25 bits per heavy atom. The average Bonchev–Trinajstić information content (AvgIpc) is 2.92. The molecule has 0 aliphatic carbocycles. The van der Waals surface area contributed by atoms with E-state index in [1.54, 1.807) is 35.3 Å². The maximum Gasteiger partial charge on any atom is 0.228 e. The summed E-state index contributed by atoms with van der Waals surface area (Å²) in [5, 5.41) is 10.6. The van der Waals surface area contributed by atoms with Crippen LogP contribution in [0.5, 0.6) is 0 Å². The quantitative estimate of drug-likeness (QED) is 0.889. The maximum atomic E-state index is 12.1. The first-order valence-electron chi connectivity index (χ1n) is 6.37. The highest BCUT2D eigenvalue weighted by Gasteiger charge is 2.16. The number of halogens is 1. The molecule has 0 fully saturated rings. The molecule has 5 nitrogen and oxygen atoms in total. The summed E-state index contributed by atoms with van der Waals surface area (Å²) in [6.07, 6.45) is 3.45. The van der Waals surface area contributed by atoms with Crippen LogP contribution in [0, 0.1) is 5.92 Å². The Morgan fingerprint density at radius 1 is 1.45 bits per heavy atom. The minimum atomic E-state index is -0.135. The first-order chi connectivity index (χ1) is 9.63. The Kier molecular flexibility index (Phi) is 4.76. The first-order valence-corrected chi connectivity index (χ1v) is 6.75. The van der Waals surface area contributed by atoms with Crippen molar-refractivity contribution < 1.29 is 4.79 Å². The fourth-order valence-electron chi connectivity index (χ4n) is 1.90. The average molecular weight is 293 g/mol. The summed E-state index contributed by atoms with van der Waals surface area (Å²) in [6, 6.07) is 7.18. The summed E-state index contributed by atoms with van der Waals surface area (Å²) >= 11 is 6.22. The van der Waals surface area contributed by atoms with Crippen molar-refractivity contribution in [3.63, 3.8) is 0 Å². The maximum absolute atomic E-state index is 12.1. The molecule has 1 aromatic carbocycles. The Morgan fingerprint density at radius 3 is 2.90 bits per heavy atom.